The monoisotopic (exact) mass is 423 g/mol. The number of nitrogen functional groups attached to an aromatic ring is 1. The van der Waals surface area contributed by atoms with Crippen LogP contribution in [0.25, 0.3) is 33.4 Å². The van der Waals surface area contributed by atoms with Crippen molar-refractivity contribution < 1.29 is 0 Å². The van der Waals surface area contributed by atoms with E-state index in [-0.39, 0.29) is 0 Å². The predicted molar refractivity (Wildman–Crippen MR) is 129 cm³/mol. The molecule has 0 spiro atoms. The Bertz CT molecular complexity index is 1390. The molecule has 0 radical (unpaired) electrons. The van der Waals surface area contributed by atoms with Crippen molar-refractivity contribution in [3.63, 3.8) is 0 Å². The van der Waals surface area contributed by atoms with Crippen molar-refractivity contribution in [2.45, 2.75) is 13.5 Å². The first kappa shape index (κ1) is 19.8. The van der Waals surface area contributed by atoms with Crippen LogP contribution in [-0.2, 0) is 13.6 Å². The summed E-state index contributed by atoms with van der Waals surface area (Å²) in [5.74, 6) is 0.481. The summed E-state index contributed by atoms with van der Waals surface area (Å²) in [5, 5.41) is 8.44. The van der Waals surface area contributed by atoms with Gasteiger partial charge in [-0.3, -0.25) is 4.68 Å². The first-order valence-corrected chi connectivity index (χ1v) is 10.5. The smallest absolute Gasteiger partial charge is 0.146 e. The Hall–Kier alpha value is -4.13. The highest BCUT2D eigenvalue weighted by atomic mass is 15.3. The number of nitrogens with two attached hydrogens (primary N) is 1. The molecule has 3 heterocycles. The largest absolute Gasteiger partial charge is 0.388 e. The quantitative estimate of drug-likeness (QED) is 0.435. The Labute approximate surface area is 186 Å². The van der Waals surface area contributed by atoms with Gasteiger partial charge in [-0.15, -0.1) is 0 Å². The SMILES string of the molecule is CNc1ccc(-c2c(-c3ccc(Cn4nccc4C)cc3)c3c(N)ncnc3n2C)cc1. The van der Waals surface area contributed by atoms with Crippen molar-refractivity contribution in [1.29, 1.82) is 0 Å². The van der Waals surface area contributed by atoms with E-state index < -0.39 is 0 Å². The molecular weight excluding hydrogens is 398 g/mol. The minimum atomic E-state index is 0.481. The molecule has 7 heteroatoms. The third-order valence-electron chi connectivity index (χ3n) is 5.95. The molecule has 0 aliphatic carbocycles. The average molecular weight is 424 g/mol. The van der Waals surface area contributed by atoms with Gasteiger partial charge in [0.2, 0.25) is 0 Å². The molecule has 3 aromatic heterocycles. The fourth-order valence-corrected chi connectivity index (χ4v) is 4.20. The molecule has 0 saturated carbocycles. The lowest BCUT2D eigenvalue weighted by molar-refractivity contribution is 0.665. The molecule has 5 aromatic rings. The van der Waals surface area contributed by atoms with Gasteiger partial charge in [0.1, 0.15) is 17.8 Å². The topological polar surface area (TPSA) is 86.6 Å². The van der Waals surface area contributed by atoms with Crippen molar-refractivity contribution in [3.8, 4) is 22.4 Å². The van der Waals surface area contributed by atoms with Gasteiger partial charge in [-0.05, 0) is 41.8 Å². The predicted octanol–water partition coefficient (Wildman–Crippen LogP) is 4.48. The van der Waals surface area contributed by atoms with E-state index in [2.05, 4.69) is 80.4 Å². The summed E-state index contributed by atoms with van der Waals surface area (Å²) < 4.78 is 4.09. The fraction of sp³-hybridized carbons (Fsp3) is 0.160. The van der Waals surface area contributed by atoms with Crippen LogP contribution in [0.15, 0.2) is 67.1 Å². The molecule has 0 fully saturated rings. The van der Waals surface area contributed by atoms with Gasteiger partial charge in [-0.2, -0.15) is 5.10 Å². The van der Waals surface area contributed by atoms with E-state index in [4.69, 9.17) is 5.73 Å². The standard InChI is InChI=1S/C25H25N7/c1-16-12-13-30-32(16)14-17-4-6-18(7-5-17)21-22-24(26)28-15-29-25(22)31(3)23(21)19-8-10-20(27-2)11-9-19/h4-13,15,27H,14H2,1-3H3,(H2,26,28,29). The van der Waals surface area contributed by atoms with Crippen molar-refractivity contribution in [2.24, 2.45) is 7.05 Å². The molecule has 0 bridgehead atoms. The highest BCUT2D eigenvalue weighted by Crippen LogP contribution is 2.41. The zero-order valence-corrected chi connectivity index (χ0v) is 18.4. The molecule has 32 heavy (non-hydrogen) atoms. The van der Waals surface area contributed by atoms with Crippen molar-refractivity contribution in [3.05, 3.63) is 78.4 Å². The molecule has 160 valence electrons. The van der Waals surface area contributed by atoms with Crippen molar-refractivity contribution >= 4 is 22.5 Å². The number of nitrogens with one attached hydrogen (secondary N) is 1. The van der Waals surface area contributed by atoms with Crippen LogP contribution < -0.4 is 11.1 Å². The van der Waals surface area contributed by atoms with Gasteiger partial charge in [0, 0.05) is 37.2 Å². The van der Waals surface area contributed by atoms with Crippen LogP contribution in [-0.4, -0.2) is 31.4 Å². The first-order valence-electron chi connectivity index (χ1n) is 10.5. The summed E-state index contributed by atoms with van der Waals surface area (Å²) >= 11 is 0. The lowest BCUT2D eigenvalue weighted by atomic mass is 9.97. The van der Waals surface area contributed by atoms with Gasteiger partial charge in [0.15, 0.2) is 0 Å². The first-order chi connectivity index (χ1) is 15.6. The van der Waals surface area contributed by atoms with E-state index in [1.807, 2.05) is 31.0 Å². The number of hydrogen-bond donors (Lipinski definition) is 2. The van der Waals surface area contributed by atoms with Crippen LogP contribution in [0.5, 0.6) is 0 Å². The third kappa shape index (κ3) is 3.28. The Balaban J connectivity index is 1.66. The number of hydrogen-bond acceptors (Lipinski definition) is 5. The Morgan fingerprint density at radius 3 is 2.31 bits per heavy atom. The molecule has 0 atom stereocenters. The number of aromatic nitrogens is 5. The summed E-state index contributed by atoms with van der Waals surface area (Å²) in [6.07, 6.45) is 3.35. The van der Waals surface area contributed by atoms with E-state index in [0.29, 0.717) is 5.82 Å². The minimum Gasteiger partial charge on any atom is -0.388 e. The highest BCUT2D eigenvalue weighted by molar-refractivity contribution is 6.07. The van der Waals surface area contributed by atoms with Gasteiger partial charge in [-0.1, -0.05) is 36.4 Å². The molecule has 0 aliphatic heterocycles. The zero-order valence-electron chi connectivity index (χ0n) is 18.4. The maximum absolute atomic E-state index is 6.35. The summed E-state index contributed by atoms with van der Waals surface area (Å²) in [4.78, 5) is 8.81. The van der Waals surface area contributed by atoms with E-state index in [1.165, 1.54) is 11.9 Å². The van der Waals surface area contributed by atoms with Crippen LogP contribution in [0.4, 0.5) is 11.5 Å². The molecule has 0 saturated heterocycles. The molecular formula is C25H25N7. The van der Waals surface area contributed by atoms with Crippen LogP contribution >= 0.6 is 0 Å². The second-order valence-corrected chi connectivity index (χ2v) is 7.89. The fourth-order valence-electron chi connectivity index (χ4n) is 4.20. The van der Waals surface area contributed by atoms with Crippen LogP contribution in [0, 0.1) is 6.92 Å². The molecule has 3 N–H and O–H groups in total. The summed E-state index contributed by atoms with van der Waals surface area (Å²) in [6, 6.07) is 18.9. The maximum Gasteiger partial charge on any atom is 0.146 e. The minimum absolute atomic E-state index is 0.481. The lowest BCUT2D eigenvalue weighted by Crippen LogP contribution is -2.03. The molecule has 2 aromatic carbocycles. The molecule has 0 amide bonds. The van der Waals surface area contributed by atoms with Gasteiger partial charge >= 0.3 is 0 Å². The number of aryl methyl sites for hydroxylation is 2. The van der Waals surface area contributed by atoms with Gasteiger partial charge in [0.25, 0.3) is 0 Å². The Morgan fingerprint density at radius 1 is 0.938 bits per heavy atom. The van der Waals surface area contributed by atoms with Crippen molar-refractivity contribution in [2.75, 3.05) is 18.1 Å². The van der Waals surface area contributed by atoms with Crippen LogP contribution in [0.1, 0.15) is 11.3 Å². The van der Waals surface area contributed by atoms with E-state index in [0.717, 1.165) is 51.3 Å². The van der Waals surface area contributed by atoms with Crippen molar-refractivity contribution in [1.82, 2.24) is 24.3 Å². The number of rotatable bonds is 5. The summed E-state index contributed by atoms with van der Waals surface area (Å²) in [7, 11) is 3.94. The molecule has 0 aliphatic rings. The normalized spacial score (nSPS) is 11.2. The highest BCUT2D eigenvalue weighted by Gasteiger charge is 2.21. The third-order valence-corrected chi connectivity index (χ3v) is 5.95. The Kier molecular flexibility index (Phi) is 4.86. The van der Waals surface area contributed by atoms with Crippen LogP contribution in [0.2, 0.25) is 0 Å². The number of nitrogens with zero attached hydrogens (tertiary/aromatic N) is 5. The number of fused-ring (bicyclic) bond motifs is 1. The molecule has 5 rings (SSSR count). The maximum atomic E-state index is 6.35. The van der Waals surface area contributed by atoms with Gasteiger partial charge in [-0.25, -0.2) is 9.97 Å². The second kappa shape index (κ2) is 7.85. The average Bonchev–Trinajstić information content (AvgIpc) is 3.35. The number of anilines is 2. The van der Waals surface area contributed by atoms with Gasteiger partial charge < -0.3 is 15.6 Å². The second-order valence-electron chi connectivity index (χ2n) is 7.89. The summed E-state index contributed by atoms with van der Waals surface area (Å²) in [6.45, 7) is 2.80. The van der Waals surface area contributed by atoms with Gasteiger partial charge in [0.05, 0.1) is 17.6 Å². The zero-order chi connectivity index (χ0) is 22.2. The molecule has 0 unspecified atom stereocenters. The van der Waals surface area contributed by atoms with E-state index in [1.54, 1.807) is 0 Å². The Morgan fingerprint density at radius 2 is 1.66 bits per heavy atom. The molecule has 7 nitrogen and oxygen atoms in total. The number of benzene rings is 2. The van der Waals surface area contributed by atoms with E-state index >= 15 is 0 Å². The summed E-state index contributed by atoms with van der Waals surface area (Å²) in [5.41, 5.74) is 14.8. The lowest BCUT2D eigenvalue weighted by Gasteiger charge is -2.11. The van der Waals surface area contributed by atoms with Crippen LogP contribution in [0.3, 0.4) is 0 Å². The van der Waals surface area contributed by atoms with E-state index in [9.17, 15) is 0 Å².